The topological polar surface area (TPSA) is 54.2 Å². The van der Waals surface area contributed by atoms with Gasteiger partial charge in [0, 0.05) is 6.54 Å². The number of hydrogen-bond acceptors (Lipinski definition) is 5. The van der Waals surface area contributed by atoms with Crippen LogP contribution >= 0.6 is 0 Å². The number of hydrogen-bond donors (Lipinski definition) is 1. The molecule has 16 heavy (non-hydrogen) atoms. The molecule has 2 aliphatic rings. The van der Waals surface area contributed by atoms with Crippen LogP contribution in [0, 0.1) is 18.8 Å². The van der Waals surface area contributed by atoms with Gasteiger partial charge in [0.2, 0.25) is 5.89 Å². The molecule has 2 atom stereocenters. The van der Waals surface area contributed by atoms with Gasteiger partial charge in [-0.15, -0.1) is 0 Å². The fourth-order valence-electron chi connectivity index (χ4n) is 2.85. The molecule has 5 nitrogen and oxygen atoms in total. The summed E-state index contributed by atoms with van der Waals surface area (Å²) in [4.78, 5) is 6.69. The summed E-state index contributed by atoms with van der Waals surface area (Å²) in [6.45, 7) is 7.37. The van der Waals surface area contributed by atoms with Crippen molar-refractivity contribution >= 4 is 0 Å². The summed E-state index contributed by atoms with van der Waals surface area (Å²) in [6, 6.07) is 0. The highest BCUT2D eigenvalue weighted by atomic mass is 16.5. The number of nitrogens with one attached hydrogen (secondary N) is 1. The molecule has 3 rings (SSSR count). The van der Waals surface area contributed by atoms with Gasteiger partial charge in [-0.3, -0.25) is 4.90 Å². The first-order valence-corrected chi connectivity index (χ1v) is 6.03. The Morgan fingerprint density at radius 1 is 1.44 bits per heavy atom. The van der Waals surface area contributed by atoms with Crippen molar-refractivity contribution in [2.24, 2.45) is 11.8 Å². The third kappa shape index (κ3) is 1.97. The van der Waals surface area contributed by atoms with Crippen LogP contribution in [0.4, 0.5) is 0 Å². The lowest BCUT2D eigenvalue weighted by Crippen LogP contribution is -2.39. The molecule has 2 unspecified atom stereocenters. The van der Waals surface area contributed by atoms with Gasteiger partial charge >= 0.3 is 0 Å². The van der Waals surface area contributed by atoms with E-state index in [2.05, 4.69) is 20.4 Å². The molecule has 2 fully saturated rings. The van der Waals surface area contributed by atoms with Gasteiger partial charge in [-0.25, -0.2) is 0 Å². The van der Waals surface area contributed by atoms with E-state index < -0.39 is 0 Å². The van der Waals surface area contributed by atoms with Crippen molar-refractivity contribution in [2.45, 2.75) is 19.9 Å². The second kappa shape index (κ2) is 4.14. The molecular formula is C11H18N4O. The molecule has 1 aromatic rings. The lowest BCUT2D eigenvalue weighted by Gasteiger charge is -2.33. The van der Waals surface area contributed by atoms with Crippen LogP contribution in [-0.2, 0) is 6.54 Å². The van der Waals surface area contributed by atoms with Gasteiger partial charge in [-0.2, -0.15) is 4.98 Å². The van der Waals surface area contributed by atoms with E-state index >= 15 is 0 Å². The molecule has 1 aromatic heterocycles. The molecule has 0 spiro atoms. The highest BCUT2D eigenvalue weighted by molar-refractivity contribution is 4.90. The maximum Gasteiger partial charge on any atom is 0.240 e. The SMILES string of the molecule is Cc1noc(CN2CCC3CNCC3C2)n1. The van der Waals surface area contributed by atoms with Crippen molar-refractivity contribution in [3.63, 3.8) is 0 Å². The maximum atomic E-state index is 5.16. The van der Waals surface area contributed by atoms with Gasteiger partial charge < -0.3 is 9.84 Å². The van der Waals surface area contributed by atoms with E-state index in [0.717, 1.165) is 36.6 Å². The molecule has 1 N–H and O–H groups in total. The van der Waals surface area contributed by atoms with Crippen LogP contribution < -0.4 is 5.32 Å². The molecule has 0 aromatic carbocycles. The third-order valence-corrected chi connectivity index (χ3v) is 3.72. The minimum Gasteiger partial charge on any atom is -0.338 e. The minimum atomic E-state index is 0.729. The number of fused-ring (bicyclic) bond motifs is 1. The summed E-state index contributed by atoms with van der Waals surface area (Å²) in [5.74, 6) is 3.19. The zero-order valence-electron chi connectivity index (χ0n) is 9.65. The Hall–Kier alpha value is -0.940. The Morgan fingerprint density at radius 3 is 3.12 bits per heavy atom. The fourth-order valence-corrected chi connectivity index (χ4v) is 2.85. The van der Waals surface area contributed by atoms with Crippen molar-refractivity contribution < 1.29 is 4.52 Å². The average molecular weight is 222 g/mol. The van der Waals surface area contributed by atoms with E-state index in [1.54, 1.807) is 0 Å². The highest BCUT2D eigenvalue weighted by Gasteiger charge is 2.33. The Morgan fingerprint density at radius 2 is 2.31 bits per heavy atom. The van der Waals surface area contributed by atoms with E-state index in [9.17, 15) is 0 Å². The van der Waals surface area contributed by atoms with Crippen LogP contribution in [0.25, 0.3) is 0 Å². The van der Waals surface area contributed by atoms with Crippen LogP contribution in [0.3, 0.4) is 0 Å². The van der Waals surface area contributed by atoms with Gasteiger partial charge in [0.1, 0.15) is 0 Å². The lowest BCUT2D eigenvalue weighted by atomic mass is 9.89. The van der Waals surface area contributed by atoms with Gasteiger partial charge in [0.15, 0.2) is 5.82 Å². The molecule has 0 aliphatic carbocycles. The van der Waals surface area contributed by atoms with E-state index in [-0.39, 0.29) is 0 Å². The van der Waals surface area contributed by atoms with E-state index in [0.29, 0.717) is 0 Å². The first-order chi connectivity index (χ1) is 7.81. The molecule has 5 heteroatoms. The number of nitrogens with zero attached hydrogens (tertiary/aromatic N) is 3. The molecular weight excluding hydrogens is 204 g/mol. The van der Waals surface area contributed by atoms with Crippen LogP contribution in [0.1, 0.15) is 18.1 Å². The second-order valence-corrected chi connectivity index (χ2v) is 4.94. The standard InChI is InChI=1S/C11H18N4O/c1-8-13-11(16-14-8)7-15-3-2-9-4-12-5-10(9)6-15/h9-10,12H,2-7H2,1H3. The van der Waals surface area contributed by atoms with Crippen LogP contribution in [0.5, 0.6) is 0 Å². The number of rotatable bonds is 2. The summed E-state index contributed by atoms with van der Waals surface area (Å²) >= 11 is 0. The van der Waals surface area contributed by atoms with E-state index in [1.807, 2.05) is 6.92 Å². The molecule has 2 aliphatic heterocycles. The molecule has 0 saturated carbocycles. The monoisotopic (exact) mass is 222 g/mol. The van der Waals surface area contributed by atoms with E-state index in [1.165, 1.54) is 26.1 Å². The average Bonchev–Trinajstić information content (AvgIpc) is 2.87. The zero-order chi connectivity index (χ0) is 11.0. The van der Waals surface area contributed by atoms with Crippen LogP contribution in [0.15, 0.2) is 4.52 Å². The van der Waals surface area contributed by atoms with Gasteiger partial charge in [-0.05, 0) is 44.8 Å². The summed E-state index contributed by atoms with van der Waals surface area (Å²) in [6.07, 6.45) is 1.30. The van der Waals surface area contributed by atoms with Crippen LogP contribution in [-0.4, -0.2) is 41.2 Å². The van der Waals surface area contributed by atoms with Crippen LogP contribution in [0.2, 0.25) is 0 Å². The normalized spacial score (nSPS) is 30.6. The smallest absolute Gasteiger partial charge is 0.240 e. The molecule has 0 radical (unpaired) electrons. The summed E-state index contributed by atoms with van der Waals surface area (Å²) in [5, 5.41) is 7.30. The first-order valence-electron chi connectivity index (χ1n) is 6.03. The summed E-state index contributed by atoms with van der Waals surface area (Å²) in [7, 11) is 0. The molecule has 0 amide bonds. The molecule has 2 saturated heterocycles. The van der Waals surface area contributed by atoms with Crippen molar-refractivity contribution in [2.75, 3.05) is 26.2 Å². The zero-order valence-corrected chi connectivity index (χ0v) is 9.65. The largest absolute Gasteiger partial charge is 0.338 e. The van der Waals surface area contributed by atoms with Crippen molar-refractivity contribution in [3.05, 3.63) is 11.7 Å². The molecule has 0 bridgehead atoms. The number of piperidine rings is 1. The van der Waals surface area contributed by atoms with Gasteiger partial charge in [0.05, 0.1) is 6.54 Å². The lowest BCUT2D eigenvalue weighted by molar-refractivity contribution is 0.128. The summed E-state index contributed by atoms with van der Waals surface area (Å²) < 4.78 is 5.16. The third-order valence-electron chi connectivity index (χ3n) is 3.72. The summed E-state index contributed by atoms with van der Waals surface area (Å²) in [5.41, 5.74) is 0. The number of likely N-dealkylation sites (tertiary alicyclic amines) is 1. The number of aromatic nitrogens is 2. The Kier molecular flexibility index (Phi) is 2.65. The Labute approximate surface area is 95.2 Å². The van der Waals surface area contributed by atoms with E-state index in [4.69, 9.17) is 4.52 Å². The van der Waals surface area contributed by atoms with Gasteiger partial charge in [-0.1, -0.05) is 5.16 Å². The fraction of sp³-hybridized carbons (Fsp3) is 0.818. The molecule has 88 valence electrons. The van der Waals surface area contributed by atoms with Crippen molar-refractivity contribution in [3.8, 4) is 0 Å². The number of aryl methyl sites for hydroxylation is 1. The predicted molar refractivity (Wildman–Crippen MR) is 58.8 cm³/mol. The maximum absolute atomic E-state index is 5.16. The predicted octanol–water partition coefficient (Wildman–Crippen LogP) is 0.419. The molecule has 3 heterocycles. The van der Waals surface area contributed by atoms with Crippen molar-refractivity contribution in [1.29, 1.82) is 0 Å². The van der Waals surface area contributed by atoms with Crippen molar-refractivity contribution in [1.82, 2.24) is 20.4 Å². The second-order valence-electron chi connectivity index (χ2n) is 4.94. The quantitative estimate of drug-likeness (QED) is 0.786. The minimum absolute atomic E-state index is 0.729. The highest BCUT2D eigenvalue weighted by Crippen LogP contribution is 2.27. The Balaban J connectivity index is 1.60. The Bertz CT molecular complexity index is 365. The van der Waals surface area contributed by atoms with Gasteiger partial charge in [0.25, 0.3) is 0 Å². The first kappa shape index (κ1) is 10.2.